The number of hydrogen-bond donors (Lipinski definition) is 0. The van der Waals surface area contributed by atoms with Crippen molar-refractivity contribution >= 4 is 5.91 Å². The van der Waals surface area contributed by atoms with Gasteiger partial charge in [-0.3, -0.25) is 9.48 Å². The molecule has 1 aliphatic heterocycles. The lowest BCUT2D eigenvalue weighted by Gasteiger charge is -2.31. The summed E-state index contributed by atoms with van der Waals surface area (Å²) in [6.45, 7) is 1.53. The van der Waals surface area contributed by atoms with E-state index in [1.807, 2.05) is 0 Å². The van der Waals surface area contributed by atoms with Crippen LogP contribution in [0.15, 0.2) is 47.2 Å². The summed E-state index contributed by atoms with van der Waals surface area (Å²) in [5.74, 6) is 0.416. The van der Waals surface area contributed by atoms with Crippen LogP contribution in [0.2, 0.25) is 0 Å². The number of ether oxygens (including phenoxy) is 1. The zero-order valence-corrected chi connectivity index (χ0v) is 16.5. The summed E-state index contributed by atoms with van der Waals surface area (Å²) in [4.78, 5) is 18.4. The molecule has 0 aliphatic carbocycles. The van der Waals surface area contributed by atoms with E-state index in [0.29, 0.717) is 31.7 Å². The number of amides is 1. The quantitative estimate of drug-likeness (QED) is 0.592. The Hall–Kier alpha value is -3.21. The number of benzene rings is 1. The van der Waals surface area contributed by atoms with Crippen molar-refractivity contribution in [2.45, 2.75) is 31.7 Å². The molecule has 11 heteroatoms. The van der Waals surface area contributed by atoms with Gasteiger partial charge in [0.25, 0.3) is 5.89 Å². The first-order chi connectivity index (χ1) is 14.9. The third-order valence-electron chi connectivity index (χ3n) is 4.91. The summed E-state index contributed by atoms with van der Waals surface area (Å²) in [7, 11) is 0. The highest BCUT2D eigenvalue weighted by atomic mass is 19.4. The molecular formula is C20H20F3N5O3. The van der Waals surface area contributed by atoms with Crippen molar-refractivity contribution in [2.24, 2.45) is 0 Å². The maximum Gasteiger partial charge on any atom is 0.416 e. The lowest BCUT2D eigenvalue weighted by Crippen LogP contribution is -2.42. The van der Waals surface area contributed by atoms with Crippen LogP contribution < -0.4 is 0 Å². The van der Waals surface area contributed by atoms with Gasteiger partial charge in [-0.1, -0.05) is 23.4 Å². The van der Waals surface area contributed by atoms with E-state index in [2.05, 4.69) is 15.2 Å². The van der Waals surface area contributed by atoms with E-state index in [4.69, 9.17) is 9.26 Å². The van der Waals surface area contributed by atoms with Gasteiger partial charge in [-0.25, -0.2) is 0 Å². The van der Waals surface area contributed by atoms with Gasteiger partial charge < -0.3 is 14.2 Å². The van der Waals surface area contributed by atoms with Gasteiger partial charge in [0.1, 0.15) is 0 Å². The van der Waals surface area contributed by atoms with Crippen LogP contribution in [0, 0.1) is 0 Å². The first-order valence-electron chi connectivity index (χ1n) is 9.74. The van der Waals surface area contributed by atoms with Gasteiger partial charge in [0.2, 0.25) is 5.91 Å². The molecule has 0 bridgehead atoms. The van der Waals surface area contributed by atoms with Crippen molar-refractivity contribution in [2.75, 3.05) is 19.7 Å². The largest absolute Gasteiger partial charge is 0.416 e. The van der Waals surface area contributed by atoms with Crippen molar-refractivity contribution in [3.05, 3.63) is 65.6 Å². The van der Waals surface area contributed by atoms with Crippen LogP contribution in [0.4, 0.5) is 13.2 Å². The minimum absolute atomic E-state index is 0.0347. The number of alkyl halides is 3. The van der Waals surface area contributed by atoms with Crippen molar-refractivity contribution < 1.29 is 27.2 Å². The third kappa shape index (κ3) is 5.29. The Morgan fingerprint density at radius 2 is 2.13 bits per heavy atom. The highest BCUT2D eigenvalue weighted by Gasteiger charge is 2.31. The smallest absolute Gasteiger partial charge is 0.365 e. The van der Waals surface area contributed by atoms with Crippen molar-refractivity contribution in [3.63, 3.8) is 0 Å². The molecule has 3 heterocycles. The summed E-state index contributed by atoms with van der Waals surface area (Å²) < 4.78 is 51.3. The van der Waals surface area contributed by atoms with Crippen LogP contribution in [0.3, 0.4) is 0 Å². The Labute approximate surface area is 175 Å². The van der Waals surface area contributed by atoms with Gasteiger partial charge >= 0.3 is 6.18 Å². The van der Waals surface area contributed by atoms with Gasteiger partial charge in [-0.15, -0.1) is 0 Å². The number of aromatic nitrogens is 4. The Morgan fingerprint density at radius 1 is 1.26 bits per heavy atom. The molecule has 8 nitrogen and oxygen atoms in total. The molecule has 31 heavy (non-hydrogen) atoms. The van der Waals surface area contributed by atoms with Crippen molar-refractivity contribution in [1.29, 1.82) is 0 Å². The van der Waals surface area contributed by atoms with Gasteiger partial charge in [-0.05, 0) is 17.7 Å². The molecule has 0 saturated carbocycles. The van der Waals surface area contributed by atoms with E-state index in [-0.39, 0.29) is 30.6 Å². The summed E-state index contributed by atoms with van der Waals surface area (Å²) in [6.07, 6.45) is -1.15. The molecule has 0 spiro atoms. The summed E-state index contributed by atoms with van der Waals surface area (Å²) in [5.41, 5.74) is -0.309. The van der Waals surface area contributed by atoms with Gasteiger partial charge in [0, 0.05) is 38.3 Å². The van der Waals surface area contributed by atoms with Gasteiger partial charge in [-0.2, -0.15) is 23.3 Å². The number of nitrogens with zero attached hydrogens (tertiary/aromatic N) is 5. The molecule has 2 aromatic heterocycles. The van der Waals surface area contributed by atoms with E-state index in [9.17, 15) is 18.0 Å². The van der Waals surface area contributed by atoms with E-state index >= 15 is 0 Å². The zero-order valence-electron chi connectivity index (χ0n) is 16.5. The molecule has 0 radical (unpaired) electrons. The Kier molecular flexibility index (Phi) is 6.03. The van der Waals surface area contributed by atoms with Crippen LogP contribution in [0.1, 0.15) is 35.4 Å². The number of halogens is 3. The molecule has 1 unspecified atom stereocenters. The van der Waals surface area contributed by atoms with Crippen LogP contribution >= 0.6 is 0 Å². The maximum absolute atomic E-state index is 12.9. The van der Waals surface area contributed by atoms with Gasteiger partial charge in [0.15, 0.2) is 11.9 Å². The van der Waals surface area contributed by atoms with E-state index in [1.165, 1.54) is 6.07 Å². The summed E-state index contributed by atoms with van der Waals surface area (Å²) in [5, 5.41) is 7.93. The molecule has 1 aromatic carbocycles. The van der Waals surface area contributed by atoms with Crippen LogP contribution in [-0.4, -0.2) is 50.4 Å². The number of carbonyl (C=O) groups excluding carboxylic acids is 1. The molecule has 4 rings (SSSR count). The Morgan fingerprint density at radius 3 is 2.90 bits per heavy atom. The lowest BCUT2D eigenvalue weighted by molar-refractivity contribution is -0.140. The zero-order chi connectivity index (χ0) is 21.8. The van der Waals surface area contributed by atoms with E-state index in [0.717, 1.165) is 12.1 Å². The second-order valence-electron chi connectivity index (χ2n) is 7.14. The van der Waals surface area contributed by atoms with Crippen molar-refractivity contribution in [3.8, 4) is 0 Å². The third-order valence-corrected chi connectivity index (χ3v) is 4.91. The molecular weight excluding hydrogens is 415 g/mol. The van der Waals surface area contributed by atoms with Crippen molar-refractivity contribution in [1.82, 2.24) is 24.8 Å². The van der Waals surface area contributed by atoms with E-state index in [1.54, 1.807) is 34.1 Å². The fraction of sp³-hybridized carbons (Fsp3) is 0.400. The predicted molar refractivity (Wildman–Crippen MR) is 101 cm³/mol. The molecule has 0 N–H and O–H groups in total. The number of hydrogen-bond acceptors (Lipinski definition) is 6. The molecule has 1 amide bonds. The monoisotopic (exact) mass is 435 g/mol. The maximum atomic E-state index is 12.9. The standard InChI is InChI=1S/C20H20F3N5O3/c21-20(22,23)15-4-1-3-14(11-15)12-17-25-19(31-26-17)16-13-27(9-10-30-16)18(29)5-8-28-7-2-6-24-28/h1-4,6-7,11,16H,5,8-10,12-13H2. The second kappa shape index (κ2) is 8.88. The number of carbonyl (C=O) groups is 1. The van der Waals surface area contributed by atoms with Crippen LogP contribution in [0.5, 0.6) is 0 Å². The molecule has 1 atom stereocenters. The average Bonchev–Trinajstić information content (AvgIpc) is 3.44. The number of aryl methyl sites for hydroxylation is 1. The minimum atomic E-state index is -4.41. The molecule has 1 saturated heterocycles. The molecule has 3 aromatic rings. The molecule has 1 aliphatic rings. The average molecular weight is 435 g/mol. The first kappa shape index (κ1) is 21.0. The lowest BCUT2D eigenvalue weighted by atomic mass is 10.1. The fourth-order valence-corrected chi connectivity index (χ4v) is 3.34. The number of rotatable bonds is 6. The normalized spacial score (nSPS) is 17.1. The van der Waals surface area contributed by atoms with Gasteiger partial charge in [0.05, 0.1) is 18.7 Å². The fourth-order valence-electron chi connectivity index (χ4n) is 3.34. The SMILES string of the molecule is O=C(CCn1cccn1)N1CCOC(c2nc(Cc3cccc(C(F)(F)F)c3)no2)C1. The first-order valence-corrected chi connectivity index (χ1v) is 9.74. The highest BCUT2D eigenvalue weighted by Crippen LogP contribution is 2.30. The predicted octanol–water partition coefficient (Wildman–Crippen LogP) is 2.87. The molecule has 1 fully saturated rings. The summed E-state index contributed by atoms with van der Waals surface area (Å²) >= 11 is 0. The topological polar surface area (TPSA) is 86.3 Å². The molecule has 164 valence electrons. The van der Waals surface area contributed by atoms with Crippen LogP contribution in [0.25, 0.3) is 0 Å². The summed E-state index contributed by atoms with van der Waals surface area (Å²) in [6, 6.07) is 6.78. The number of morpholine rings is 1. The minimum Gasteiger partial charge on any atom is -0.365 e. The Bertz CT molecular complexity index is 1020. The van der Waals surface area contributed by atoms with Crippen LogP contribution in [-0.2, 0) is 28.7 Å². The van der Waals surface area contributed by atoms with E-state index < -0.39 is 17.8 Å². The second-order valence-corrected chi connectivity index (χ2v) is 7.14. The Balaban J connectivity index is 1.36. The highest BCUT2D eigenvalue weighted by molar-refractivity contribution is 5.76.